The highest BCUT2D eigenvalue weighted by Gasteiger charge is 2.26. The summed E-state index contributed by atoms with van der Waals surface area (Å²) >= 11 is 1.69. The Kier molecular flexibility index (Phi) is 6.08. The first-order chi connectivity index (χ1) is 13.4. The van der Waals surface area contributed by atoms with Crippen molar-refractivity contribution in [3.63, 3.8) is 0 Å². The number of amides is 1. The summed E-state index contributed by atoms with van der Waals surface area (Å²) in [6, 6.07) is 7.65. The molecule has 0 fully saturated rings. The number of nitrogens with zero attached hydrogens (tertiary/aromatic N) is 1. The summed E-state index contributed by atoms with van der Waals surface area (Å²) in [4.78, 5) is 42.7. The number of para-hydroxylation sites is 1. The quantitative estimate of drug-likeness (QED) is 0.773. The molecule has 2 aromatic rings. The van der Waals surface area contributed by atoms with Crippen molar-refractivity contribution in [2.24, 2.45) is 0 Å². The van der Waals surface area contributed by atoms with Gasteiger partial charge in [-0.1, -0.05) is 12.1 Å². The average Bonchev–Trinajstić information content (AvgIpc) is 3.00. The van der Waals surface area contributed by atoms with E-state index in [1.807, 2.05) is 24.3 Å². The molecule has 1 aromatic heterocycles. The Labute approximate surface area is 167 Å². The molecule has 0 atom stereocenters. The number of carbonyl (C=O) groups is 3. The van der Waals surface area contributed by atoms with E-state index in [0.717, 1.165) is 16.3 Å². The monoisotopic (exact) mass is 402 g/mol. The molecule has 0 radical (unpaired) electrons. The Bertz CT molecular complexity index is 921. The Balaban J connectivity index is 1.70. The van der Waals surface area contributed by atoms with Gasteiger partial charge in [-0.05, 0) is 38.5 Å². The molecule has 0 aliphatic carbocycles. The maximum absolute atomic E-state index is 12.6. The topological polar surface area (TPSA) is 88.7 Å². The number of thioether (sulfide) groups is 1. The van der Waals surface area contributed by atoms with Crippen LogP contribution >= 0.6 is 11.8 Å². The van der Waals surface area contributed by atoms with E-state index >= 15 is 0 Å². The highest BCUT2D eigenvalue weighted by molar-refractivity contribution is 7.99. The van der Waals surface area contributed by atoms with Gasteiger partial charge < -0.3 is 19.4 Å². The molecule has 28 heavy (non-hydrogen) atoms. The molecule has 148 valence electrons. The number of hydrogen-bond acceptors (Lipinski definition) is 6. The van der Waals surface area contributed by atoms with Gasteiger partial charge in [0, 0.05) is 22.9 Å². The molecule has 7 nitrogen and oxygen atoms in total. The van der Waals surface area contributed by atoms with Crippen molar-refractivity contribution < 1.29 is 23.9 Å². The van der Waals surface area contributed by atoms with Crippen LogP contribution in [0.2, 0.25) is 0 Å². The normalized spacial score (nSPS) is 13.0. The fraction of sp³-hybridized carbons (Fsp3) is 0.350. The number of H-pyrrole nitrogens is 1. The molecule has 1 amide bonds. The van der Waals surface area contributed by atoms with Gasteiger partial charge in [0.2, 0.25) is 0 Å². The van der Waals surface area contributed by atoms with Gasteiger partial charge in [0.15, 0.2) is 6.61 Å². The summed E-state index contributed by atoms with van der Waals surface area (Å²) in [6.45, 7) is 5.46. The number of esters is 2. The molecule has 1 aliphatic heterocycles. The Morgan fingerprint density at radius 2 is 1.89 bits per heavy atom. The molecular weight excluding hydrogens is 380 g/mol. The van der Waals surface area contributed by atoms with Crippen LogP contribution in [0.4, 0.5) is 5.69 Å². The average molecular weight is 402 g/mol. The van der Waals surface area contributed by atoms with Gasteiger partial charge in [0.25, 0.3) is 5.91 Å². The van der Waals surface area contributed by atoms with Gasteiger partial charge in [0.1, 0.15) is 5.69 Å². The lowest BCUT2D eigenvalue weighted by Crippen LogP contribution is -2.38. The maximum Gasteiger partial charge on any atom is 0.355 e. The highest BCUT2D eigenvalue weighted by atomic mass is 32.2. The lowest BCUT2D eigenvalue weighted by Gasteiger charge is -2.28. The number of aromatic nitrogens is 1. The molecule has 8 heteroatoms. The second-order valence-corrected chi connectivity index (χ2v) is 7.42. The van der Waals surface area contributed by atoms with E-state index in [1.165, 1.54) is 0 Å². The molecule has 0 bridgehead atoms. The van der Waals surface area contributed by atoms with E-state index in [-0.39, 0.29) is 30.4 Å². The van der Waals surface area contributed by atoms with E-state index in [0.29, 0.717) is 17.8 Å². The third-order valence-corrected chi connectivity index (χ3v) is 5.52. The number of benzene rings is 1. The highest BCUT2D eigenvalue weighted by Crippen LogP contribution is 2.34. The number of aryl methyl sites for hydroxylation is 1. The third-order valence-electron chi connectivity index (χ3n) is 4.48. The minimum atomic E-state index is -0.644. The van der Waals surface area contributed by atoms with Gasteiger partial charge in [-0.3, -0.25) is 4.79 Å². The number of ether oxygens (including phenoxy) is 2. The standard InChI is InChI=1S/C20H22N2O5S/c1-4-26-20(25)18-12(2)17(13(3)21-18)19(24)27-11-16(23)22-9-10-28-15-8-6-5-7-14(15)22/h5-8,21H,4,9-11H2,1-3H3. The van der Waals surface area contributed by atoms with Gasteiger partial charge >= 0.3 is 11.9 Å². The molecule has 0 saturated carbocycles. The second kappa shape index (κ2) is 8.52. The summed E-state index contributed by atoms with van der Waals surface area (Å²) in [5.41, 5.74) is 2.26. The SMILES string of the molecule is CCOC(=O)c1[nH]c(C)c(C(=O)OCC(=O)N2CCSc3ccccc32)c1C. The molecule has 1 aromatic carbocycles. The van der Waals surface area contributed by atoms with E-state index in [2.05, 4.69) is 4.98 Å². The number of fused-ring (bicyclic) bond motifs is 1. The van der Waals surface area contributed by atoms with E-state index in [1.54, 1.807) is 37.4 Å². The van der Waals surface area contributed by atoms with Crippen LogP contribution in [0.3, 0.4) is 0 Å². The van der Waals surface area contributed by atoms with Crippen molar-refractivity contribution in [3.05, 3.63) is 46.8 Å². The van der Waals surface area contributed by atoms with Crippen molar-refractivity contribution in [2.75, 3.05) is 30.4 Å². The van der Waals surface area contributed by atoms with E-state index < -0.39 is 11.9 Å². The van der Waals surface area contributed by atoms with Gasteiger partial charge in [0.05, 0.1) is 17.9 Å². The van der Waals surface area contributed by atoms with Gasteiger partial charge in [-0.2, -0.15) is 0 Å². The van der Waals surface area contributed by atoms with Crippen LogP contribution in [0, 0.1) is 13.8 Å². The fourth-order valence-corrected chi connectivity index (χ4v) is 4.16. The number of hydrogen-bond donors (Lipinski definition) is 1. The second-order valence-electron chi connectivity index (χ2n) is 6.28. The molecule has 0 unspecified atom stereocenters. The summed E-state index contributed by atoms with van der Waals surface area (Å²) in [5, 5.41) is 0. The van der Waals surface area contributed by atoms with Crippen LogP contribution in [-0.4, -0.2) is 48.3 Å². The van der Waals surface area contributed by atoms with Gasteiger partial charge in [-0.25, -0.2) is 9.59 Å². The first-order valence-corrected chi connectivity index (χ1v) is 9.98. The molecule has 3 rings (SSSR count). The smallest absolute Gasteiger partial charge is 0.355 e. The van der Waals surface area contributed by atoms with Crippen molar-refractivity contribution >= 4 is 35.3 Å². The number of rotatable bonds is 5. The zero-order valence-electron chi connectivity index (χ0n) is 16.0. The predicted molar refractivity (Wildman–Crippen MR) is 106 cm³/mol. The number of carbonyl (C=O) groups excluding carboxylic acids is 3. The van der Waals surface area contributed by atoms with Crippen LogP contribution in [0.5, 0.6) is 0 Å². The first kappa shape index (κ1) is 20.0. The first-order valence-electron chi connectivity index (χ1n) is 8.99. The molecule has 1 N–H and O–H groups in total. The molecule has 1 aliphatic rings. The van der Waals surface area contributed by atoms with Crippen LogP contribution in [0.25, 0.3) is 0 Å². The molecule has 0 saturated heterocycles. The summed E-state index contributed by atoms with van der Waals surface area (Å²) in [7, 11) is 0. The van der Waals surface area contributed by atoms with Crippen LogP contribution in [-0.2, 0) is 14.3 Å². The van der Waals surface area contributed by atoms with Gasteiger partial charge in [-0.15, -0.1) is 11.8 Å². The van der Waals surface area contributed by atoms with Crippen LogP contribution in [0.15, 0.2) is 29.2 Å². The number of nitrogens with one attached hydrogen (secondary N) is 1. The molecular formula is C20H22N2O5S. The zero-order chi connectivity index (χ0) is 20.3. The Morgan fingerprint density at radius 1 is 1.14 bits per heavy atom. The maximum atomic E-state index is 12.6. The Morgan fingerprint density at radius 3 is 2.64 bits per heavy atom. The minimum Gasteiger partial charge on any atom is -0.461 e. The molecule has 2 heterocycles. The summed E-state index contributed by atoms with van der Waals surface area (Å²) in [6.07, 6.45) is 0. The largest absolute Gasteiger partial charge is 0.461 e. The van der Waals surface area contributed by atoms with Crippen molar-refractivity contribution in [3.8, 4) is 0 Å². The summed E-state index contributed by atoms with van der Waals surface area (Å²) in [5.74, 6) is -0.664. The van der Waals surface area contributed by atoms with Crippen LogP contribution < -0.4 is 4.90 Å². The summed E-state index contributed by atoms with van der Waals surface area (Å²) < 4.78 is 10.2. The molecule has 0 spiro atoms. The van der Waals surface area contributed by atoms with Crippen molar-refractivity contribution in [1.82, 2.24) is 4.98 Å². The minimum absolute atomic E-state index is 0.222. The van der Waals surface area contributed by atoms with E-state index in [9.17, 15) is 14.4 Å². The third kappa shape index (κ3) is 3.91. The Hall–Kier alpha value is -2.74. The number of anilines is 1. The lowest BCUT2D eigenvalue weighted by molar-refractivity contribution is -0.121. The predicted octanol–water partition coefficient (Wildman–Crippen LogP) is 3.10. The zero-order valence-corrected chi connectivity index (χ0v) is 16.9. The van der Waals surface area contributed by atoms with Crippen molar-refractivity contribution in [1.29, 1.82) is 0 Å². The lowest BCUT2D eigenvalue weighted by atomic mass is 10.1. The number of aromatic amines is 1. The van der Waals surface area contributed by atoms with Crippen molar-refractivity contribution in [2.45, 2.75) is 25.7 Å². The van der Waals surface area contributed by atoms with E-state index in [4.69, 9.17) is 9.47 Å². The fourth-order valence-electron chi connectivity index (χ4n) is 3.17. The van der Waals surface area contributed by atoms with Crippen LogP contribution in [0.1, 0.15) is 39.0 Å².